The number of nitrogens with one attached hydrogen (secondary N) is 1. The Labute approximate surface area is 125 Å². The molecule has 0 radical (unpaired) electrons. The number of carbonyl (C=O) groups is 1. The van der Waals surface area contributed by atoms with Crippen molar-refractivity contribution in [3.8, 4) is 0 Å². The standard InChI is InChI=1S/C16H23N3O2/c1-12-10-18(2)13-5-3-4-6-14(13)19(11-12)16(20)15-9-17-7-8-21-15/h3-6,12,15,17H,7-11H2,1-2H3/t12-,15+/m0/s1. The van der Waals surface area contributed by atoms with Crippen LogP contribution in [-0.2, 0) is 9.53 Å². The second-order valence-corrected chi connectivity index (χ2v) is 5.99. The molecule has 21 heavy (non-hydrogen) atoms. The highest BCUT2D eigenvalue weighted by atomic mass is 16.5. The molecule has 2 atom stereocenters. The number of amides is 1. The Hall–Kier alpha value is -1.59. The van der Waals surface area contributed by atoms with E-state index in [0.717, 1.165) is 31.0 Å². The van der Waals surface area contributed by atoms with Gasteiger partial charge in [-0.1, -0.05) is 19.1 Å². The maximum atomic E-state index is 12.9. The minimum atomic E-state index is -0.373. The first-order chi connectivity index (χ1) is 10.2. The molecule has 1 amide bonds. The number of para-hydroxylation sites is 2. The summed E-state index contributed by atoms with van der Waals surface area (Å²) in [5, 5.41) is 3.23. The minimum Gasteiger partial charge on any atom is -0.373 e. The van der Waals surface area contributed by atoms with Crippen LogP contribution >= 0.6 is 0 Å². The predicted molar refractivity (Wildman–Crippen MR) is 83.8 cm³/mol. The molecule has 0 spiro atoms. The van der Waals surface area contributed by atoms with E-state index in [-0.39, 0.29) is 12.0 Å². The molecule has 114 valence electrons. The fourth-order valence-corrected chi connectivity index (χ4v) is 3.16. The summed E-state index contributed by atoms with van der Waals surface area (Å²) >= 11 is 0. The zero-order chi connectivity index (χ0) is 14.8. The van der Waals surface area contributed by atoms with Gasteiger partial charge < -0.3 is 19.9 Å². The molecule has 0 aromatic heterocycles. The topological polar surface area (TPSA) is 44.8 Å². The summed E-state index contributed by atoms with van der Waals surface area (Å²) < 4.78 is 5.64. The van der Waals surface area contributed by atoms with Crippen LogP contribution in [0.3, 0.4) is 0 Å². The quantitative estimate of drug-likeness (QED) is 0.841. The van der Waals surface area contributed by atoms with E-state index in [1.807, 2.05) is 23.1 Å². The van der Waals surface area contributed by atoms with E-state index in [9.17, 15) is 4.79 Å². The van der Waals surface area contributed by atoms with E-state index in [1.165, 1.54) is 0 Å². The number of hydrogen-bond donors (Lipinski definition) is 1. The van der Waals surface area contributed by atoms with Crippen molar-refractivity contribution in [3.05, 3.63) is 24.3 Å². The van der Waals surface area contributed by atoms with Crippen LogP contribution in [0.25, 0.3) is 0 Å². The summed E-state index contributed by atoms with van der Waals surface area (Å²) in [6.07, 6.45) is -0.373. The Kier molecular flexibility index (Phi) is 4.12. The molecule has 2 heterocycles. The van der Waals surface area contributed by atoms with E-state index in [0.29, 0.717) is 19.1 Å². The third-order valence-electron chi connectivity index (χ3n) is 4.13. The summed E-state index contributed by atoms with van der Waals surface area (Å²) in [5.74, 6) is 0.486. The molecule has 0 unspecified atom stereocenters. The molecule has 1 saturated heterocycles. The number of rotatable bonds is 1. The van der Waals surface area contributed by atoms with Crippen molar-refractivity contribution in [3.63, 3.8) is 0 Å². The number of carbonyl (C=O) groups excluding carboxylic acids is 1. The van der Waals surface area contributed by atoms with Gasteiger partial charge in [0.2, 0.25) is 0 Å². The van der Waals surface area contributed by atoms with Crippen LogP contribution in [0, 0.1) is 5.92 Å². The fraction of sp³-hybridized carbons (Fsp3) is 0.562. The van der Waals surface area contributed by atoms with Gasteiger partial charge in [-0.15, -0.1) is 0 Å². The molecule has 0 saturated carbocycles. The molecule has 1 N–H and O–H groups in total. The van der Waals surface area contributed by atoms with Crippen molar-refractivity contribution in [1.82, 2.24) is 5.32 Å². The molecule has 2 aliphatic rings. The van der Waals surface area contributed by atoms with Crippen LogP contribution in [0.2, 0.25) is 0 Å². The number of anilines is 2. The lowest BCUT2D eigenvalue weighted by Crippen LogP contribution is -2.50. The number of hydrogen-bond acceptors (Lipinski definition) is 4. The van der Waals surface area contributed by atoms with Crippen LogP contribution in [0.5, 0.6) is 0 Å². The molecular formula is C16H23N3O2. The smallest absolute Gasteiger partial charge is 0.257 e. The number of fused-ring (bicyclic) bond motifs is 1. The van der Waals surface area contributed by atoms with Crippen LogP contribution in [-0.4, -0.2) is 51.8 Å². The van der Waals surface area contributed by atoms with Gasteiger partial charge in [-0.25, -0.2) is 0 Å². The molecule has 5 nitrogen and oxygen atoms in total. The molecule has 5 heteroatoms. The summed E-state index contributed by atoms with van der Waals surface area (Å²) in [7, 11) is 2.09. The number of ether oxygens (including phenoxy) is 1. The maximum absolute atomic E-state index is 12.9. The van der Waals surface area contributed by atoms with Crippen molar-refractivity contribution in [2.75, 3.05) is 49.6 Å². The van der Waals surface area contributed by atoms with Gasteiger partial charge >= 0.3 is 0 Å². The van der Waals surface area contributed by atoms with Gasteiger partial charge in [0.15, 0.2) is 0 Å². The van der Waals surface area contributed by atoms with E-state index >= 15 is 0 Å². The molecule has 1 aromatic rings. The van der Waals surface area contributed by atoms with E-state index < -0.39 is 0 Å². The van der Waals surface area contributed by atoms with Gasteiger partial charge in [0.05, 0.1) is 18.0 Å². The molecule has 3 rings (SSSR count). The zero-order valence-electron chi connectivity index (χ0n) is 12.7. The molecule has 1 fully saturated rings. The van der Waals surface area contributed by atoms with Crippen molar-refractivity contribution >= 4 is 17.3 Å². The Morgan fingerprint density at radius 3 is 2.76 bits per heavy atom. The van der Waals surface area contributed by atoms with Gasteiger partial charge in [-0.3, -0.25) is 4.79 Å². The van der Waals surface area contributed by atoms with Crippen molar-refractivity contribution < 1.29 is 9.53 Å². The minimum absolute atomic E-state index is 0.0665. The van der Waals surface area contributed by atoms with Gasteiger partial charge in [0.1, 0.15) is 6.10 Å². The summed E-state index contributed by atoms with van der Waals surface area (Å²) in [4.78, 5) is 17.0. The van der Waals surface area contributed by atoms with Crippen LogP contribution in [0.4, 0.5) is 11.4 Å². The highest BCUT2D eigenvalue weighted by Crippen LogP contribution is 2.33. The third kappa shape index (κ3) is 2.89. The van der Waals surface area contributed by atoms with E-state index in [1.54, 1.807) is 0 Å². The largest absolute Gasteiger partial charge is 0.373 e. The summed E-state index contributed by atoms with van der Waals surface area (Å²) in [6, 6.07) is 8.11. The SMILES string of the molecule is C[C@H]1CN(C)c2ccccc2N(C(=O)[C@H]2CNCCO2)C1. The second-order valence-electron chi connectivity index (χ2n) is 5.99. The molecule has 0 aliphatic carbocycles. The maximum Gasteiger partial charge on any atom is 0.257 e. The molecular weight excluding hydrogens is 266 g/mol. The van der Waals surface area contributed by atoms with Gasteiger partial charge in [-0.05, 0) is 18.1 Å². The monoisotopic (exact) mass is 289 g/mol. The van der Waals surface area contributed by atoms with Crippen molar-refractivity contribution in [2.45, 2.75) is 13.0 Å². The highest BCUT2D eigenvalue weighted by Gasteiger charge is 2.32. The van der Waals surface area contributed by atoms with Gasteiger partial charge in [0.25, 0.3) is 5.91 Å². The van der Waals surface area contributed by atoms with Crippen LogP contribution in [0.15, 0.2) is 24.3 Å². The summed E-state index contributed by atoms with van der Waals surface area (Å²) in [6.45, 7) is 5.88. The first-order valence-corrected chi connectivity index (χ1v) is 7.60. The predicted octanol–water partition coefficient (Wildman–Crippen LogP) is 1.09. The average Bonchev–Trinajstić information content (AvgIpc) is 2.64. The van der Waals surface area contributed by atoms with Gasteiger partial charge in [-0.2, -0.15) is 0 Å². The number of nitrogens with zero attached hydrogens (tertiary/aromatic N) is 2. The zero-order valence-corrected chi connectivity index (χ0v) is 12.7. The molecule has 2 aliphatic heterocycles. The van der Waals surface area contributed by atoms with Gasteiger partial charge in [0, 0.05) is 33.2 Å². The lowest BCUT2D eigenvalue weighted by molar-refractivity contribution is -0.131. The van der Waals surface area contributed by atoms with Crippen molar-refractivity contribution in [1.29, 1.82) is 0 Å². The Balaban J connectivity index is 1.92. The molecule has 0 bridgehead atoms. The average molecular weight is 289 g/mol. The highest BCUT2D eigenvalue weighted by molar-refractivity contribution is 6.00. The third-order valence-corrected chi connectivity index (χ3v) is 4.13. The number of benzene rings is 1. The van der Waals surface area contributed by atoms with Crippen LogP contribution in [0.1, 0.15) is 6.92 Å². The van der Waals surface area contributed by atoms with Crippen LogP contribution < -0.4 is 15.1 Å². The second kappa shape index (κ2) is 6.03. The first-order valence-electron chi connectivity index (χ1n) is 7.60. The van der Waals surface area contributed by atoms with E-state index in [2.05, 4.69) is 30.3 Å². The van der Waals surface area contributed by atoms with E-state index in [4.69, 9.17) is 4.74 Å². The molecule has 1 aromatic carbocycles. The first kappa shape index (κ1) is 14.4. The fourth-order valence-electron chi connectivity index (χ4n) is 3.16. The summed E-state index contributed by atoms with van der Waals surface area (Å²) in [5.41, 5.74) is 2.10. The number of morpholine rings is 1. The Bertz CT molecular complexity index is 514. The van der Waals surface area contributed by atoms with Crippen molar-refractivity contribution in [2.24, 2.45) is 5.92 Å². The Morgan fingerprint density at radius 1 is 1.29 bits per heavy atom. The lowest BCUT2D eigenvalue weighted by Gasteiger charge is -2.30. The lowest BCUT2D eigenvalue weighted by atomic mass is 10.1. The Morgan fingerprint density at radius 2 is 2.05 bits per heavy atom. The normalized spacial score (nSPS) is 26.2.